The maximum absolute atomic E-state index is 13.0. The van der Waals surface area contributed by atoms with Gasteiger partial charge in [-0.05, 0) is 44.6 Å². The second-order valence-corrected chi connectivity index (χ2v) is 9.91. The number of hydrogen-bond donors (Lipinski definition) is 1. The highest BCUT2D eigenvalue weighted by Gasteiger charge is 2.28. The molecule has 1 N–H and O–H groups in total. The third-order valence-corrected chi connectivity index (χ3v) is 6.58. The molecule has 37 heavy (non-hydrogen) atoms. The van der Waals surface area contributed by atoms with E-state index in [1.165, 1.54) is 19.3 Å². The van der Waals surface area contributed by atoms with Crippen molar-refractivity contribution in [1.82, 2.24) is 5.06 Å². The van der Waals surface area contributed by atoms with Crippen LogP contribution in [0, 0.1) is 36.5 Å². The van der Waals surface area contributed by atoms with Crippen LogP contribution in [0.5, 0.6) is 0 Å². The fraction of sp³-hybridized carbons (Fsp3) is 0.600. The topological polar surface area (TPSA) is 85.3 Å². The van der Waals surface area contributed by atoms with Crippen LogP contribution in [0.25, 0.3) is 0 Å². The molecule has 7 heteroatoms. The fourth-order valence-corrected chi connectivity index (χ4v) is 4.43. The molecule has 1 aliphatic rings. The summed E-state index contributed by atoms with van der Waals surface area (Å²) >= 11 is 0. The molecule has 0 spiro atoms. The Bertz CT molecular complexity index is 869. The molecular weight excluding hydrogens is 470 g/mol. The van der Waals surface area contributed by atoms with Gasteiger partial charge in [0.1, 0.15) is 6.10 Å². The smallest absolute Gasteiger partial charge is 0.373 e. The number of hydroxylamine groups is 2. The molecular formula is C30H47NO6. The van der Waals surface area contributed by atoms with Crippen LogP contribution in [0.4, 0.5) is 0 Å². The van der Waals surface area contributed by atoms with Gasteiger partial charge >= 0.3 is 5.97 Å². The SMILES string of the molecule is C#C.CO/C1=C\C(C)=C\[C@@H](C)[C@@H](O)[C@@H](C)C/C(C)=C/C=C/C[C@@H]([C@@H](C)C[C@H](C)C(=O)N(C)OC)OC1=O. The van der Waals surface area contributed by atoms with Gasteiger partial charge in [0.05, 0.1) is 20.3 Å². The molecule has 1 heterocycles. The fourth-order valence-electron chi connectivity index (χ4n) is 4.43. The molecule has 1 aliphatic heterocycles. The molecule has 6 atom stereocenters. The van der Waals surface area contributed by atoms with E-state index >= 15 is 0 Å². The van der Waals surface area contributed by atoms with E-state index in [1.807, 2.05) is 58.9 Å². The number of aliphatic hydroxyl groups is 1. The first kappa shape index (κ1) is 34.2. The number of carbonyl (C=O) groups is 2. The Balaban J connectivity index is 0.00000631. The third kappa shape index (κ3) is 11.8. The van der Waals surface area contributed by atoms with Crippen LogP contribution in [0.15, 0.2) is 47.3 Å². The monoisotopic (exact) mass is 517 g/mol. The van der Waals surface area contributed by atoms with E-state index in [9.17, 15) is 14.7 Å². The summed E-state index contributed by atoms with van der Waals surface area (Å²) in [6, 6.07) is 0. The molecule has 0 saturated carbocycles. The quantitative estimate of drug-likeness (QED) is 0.295. The van der Waals surface area contributed by atoms with Crippen LogP contribution in [-0.2, 0) is 23.9 Å². The molecule has 0 saturated heterocycles. The predicted octanol–water partition coefficient (Wildman–Crippen LogP) is 5.24. The maximum atomic E-state index is 13.0. The van der Waals surface area contributed by atoms with Gasteiger partial charge in [0.15, 0.2) is 0 Å². The third-order valence-electron chi connectivity index (χ3n) is 6.58. The molecule has 0 bridgehead atoms. The van der Waals surface area contributed by atoms with E-state index in [0.29, 0.717) is 12.8 Å². The van der Waals surface area contributed by atoms with E-state index in [0.717, 1.165) is 17.6 Å². The lowest BCUT2D eigenvalue weighted by atomic mass is 9.87. The van der Waals surface area contributed by atoms with Crippen LogP contribution in [0.1, 0.15) is 60.8 Å². The molecule has 208 valence electrons. The Hall–Kier alpha value is -2.82. The lowest BCUT2D eigenvalue weighted by Crippen LogP contribution is -2.34. The maximum Gasteiger partial charge on any atom is 0.373 e. The number of ether oxygens (including phenoxy) is 2. The summed E-state index contributed by atoms with van der Waals surface area (Å²) in [7, 11) is 4.47. The van der Waals surface area contributed by atoms with Crippen molar-refractivity contribution >= 4 is 11.9 Å². The van der Waals surface area contributed by atoms with E-state index in [1.54, 1.807) is 13.1 Å². The number of rotatable bonds is 6. The number of methoxy groups -OCH3 is 1. The van der Waals surface area contributed by atoms with E-state index in [2.05, 4.69) is 19.8 Å². The average Bonchev–Trinajstić information content (AvgIpc) is 2.87. The Morgan fingerprint density at radius 1 is 1.24 bits per heavy atom. The van der Waals surface area contributed by atoms with Gasteiger partial charge < -0.3 is 14.6 Å². The van der Waals surface area contributed by atoms with Crippen molar-refractivity contribution in [2.45, 2.75) is 73.0 Å². The van der Waals surface area contributed by atoms with Crippen molar-refractivity contribution in [2.75, 3.05) is 21.3 Å². The van der Waals surface area contributed by atoms with Crippen molar-refractivity contribution < 1.29 is 29.0 Å². The number of carbonyl (C=O) groups excluding carboxylic acids is 2. The van der Waals surface area contributed by atoms with Crippen molar-refractivity contribution in [2.24, 2.45) is 23.7 Å². The highest BCUT2D eigenvalue weighted by atomic mass is 16.7. The zero-order valence-electron chi connectivity index (χ0n) is 24.1. The van der Waals surface area contributed by atoms with Crippen molar-refractivity contribution in [3.05, 3.63) is 47.3 Å². The Morgan fingerprint density at radius 2 is 1.86 bits per heavy atom. The van der Waals surface area contributed by atoms with E-state index < -0.39 is 18.2 Å². The number of terminal acetylenes is 1. The number of nitrogens with zero attached hydrogens (tertiary/aromatic N) is 1. The summed E-state index contributed by atoms with van der Waals surface area (Å²) in [6.45, 7) is 11.8. The van der Waals surface area contributed by atoms with Crippen molar-refractivity contribution in [1.29, 1.82) is 0 Å². The van der Waals surface area contributed by atoms with Gasteiger partial charge in [0.2, 0.25) is 11.7 Å². The molecule has 0 aromatic carbocycles. The van der Waals surface area contributed by atoms with Gasteiger partial charge in [-0.3, -0.25) is 9.63 Å². The molecule has 0 aromatic rings. The first-order valence-corrected chi connectivity index (χ1v) is 12.7. The number of amides is 1. The van der Waals surface area contributed by atoms with Gasteiger partial charge in [-0.1, -0.05) is 63.1 Å². The summed E-state index contributed by atoms with van der Waals surface area (Å²) in [5, 5.41) is 12.0. The second-order valence-electron chi connectivity index (χ2n) is 9.91. The van der Waals surface area contributed by atoms with Crippen LogP contribution in [-0.4, -0.2) is 55.5 Å². The Kier molecular flexibility index (Phi) is 16.3. The summed E-state index contributed by atoms with van der Waals surface area (Å²) in [5.41, 5.74) is 1.97. The highest BCUT2D eigenvalue weighted by Crippen LogP contribution is 2.25. The van der Waals surface area contributed by atoms with Crippen molar-refractivity contribution in [3.8, 4) is 12.8 Å². The van der Waals surface area contributed by atoms with Crippen LogP contribution in [0.2, 0.25) is 0 Å². The second kappa shape index (κ2) is 17.6. The lowest BCUT2D eigenvalue weighted by Gasteiger charge is -2.27. The number of allylic oxidation sites excluding steroid dienone is 5. The zero-order chi connectivity index (χ0) is 28.7. The van der Waals surface area contributed by atoms with Gasteiger partial charge in [-0.25, -0.2) is 9.86 Å². The lowest BCUT2D eigenvalue weighted by molar-refractivity contribution is -0.173. The Labute approximate surface area is 224 Å². The predicted molar refractivity (Wildman–Crippen MR) is 148 cm³/mol. The van der Waals surface area contributed by atoms with Gasteiger partial charge in [0, 0.05) is 25.3 Å². The normalized spacial score (nSPS) is 30.3. The standard InChI is InChI=1S/C28H45NO6.C2H2/c1-18-12-10-11-13-24(20(3)17-23(6)27(31)29(7)34-9)35-28(32)25(33-8)16-19(2)15-22(5)26(30)21(4)14-18;1-2/h10-12,15-16,20-24,26,30H,13-14,17H2,1-9H3;1-2H/b11-10+,18-12+,19-15+,25-16-;/t20-,21-,22+,23-,24-,26-;/m0./s1. The molecule has 7 nitrogen and oxygen atoms in total. The number of esters is 1. The Morgan fingerprint density at radius 3 is 2.43 bits per heavy atom. The average molecular weight is 518 g/mol. The minimum Gasteiger partial charge on any atom is -0.490 e. The minimum absolute atomic E-state index is 0.0818. The summed E-state index contributed by atoms with van der Waals surface area (Å²) in [6.07, 6.45) is 18.4. The summed E-state index contributed by atoms with van der Waals surface area (Å²) in [5.74, 6) is -0.974. The number of aliphatic hydroxyl groups excluding tert-OH is 1. The molecule has 0 radical (unpaired) electrons. The largest absolute Gasteiger partial charge is 0.490 e. The molecule has 1 rings (SSSR count). The summed E-state index contributed by atoms with van der Waals surface area (Å²) in [4.78, 5) is 30.5. The molecule has 0 aromatic heterocycles. The molecule has 0 unspecified atom stereocenters. The van der Waals surface area contributed by atoms with Gasteiger partial charge in [-0.15, -0.1) is 12.8 Å². The first-order chi connectivity index (χ1) is 17.4. The van der Waals surface area contributed by atoms with Gasteiger partial charge in [-0.2, -0.15) is 0 Å². The number of cyclic esters (lactones) is 1. The van der Waals surface area contributed by atoms with Gasteiger partial charge in [0.25, 0.3) is 0 Å². The molecule has 0 fully saturated rings. The van der Waals surface area contributed by atoms with E-state index in [4.69, 9.17) is 14.3 Å². The highest BCUT2D eigenvalue weighted by molar-refractivity contribution is 5.87. The summed E-state index contributed by atoms with van der Waals surface area (Å²) < 4.78 is 11.2. The molecule has 0 aliphatic carbocycles. The van der Waals surface area contributed by atoms with Crippen molar-refractivity contribution in [3.63, 3.8) is 0 Å². The van der Waals surface area contributed by atoms with Crippen LogP contribution in [0.3, 0.4) is 0 Å². The number of hydrogen-bond acceptors (Lipinski definition) is 6. The van der Waals surface area contributed by atoms with E-state index in [-0.39, 0.29) is 35.3 Å². The van der Waals surface area contributed by atoms with Crippen LogP contribution >= 0.6 is 0 Å². The first-order valence-electron chi connectivity index (χ1n) is 12.7. The molecule has 1 amide bonds. The van der Waals surface area contributed by atoms with Crippen LogP contribution < -0.4 is 0 Å². The minimum atomic E-state index is -0.557. The zero-order valence-corrected chi connectivity index (χ0v) is 24.1.